The van der Waals surface area contributed by atoms with Crippen molar-refractivity contribution in [2.24, 2.45) is 0 Å². The van der Waals surface area contributed by atoms with Crippen LogP contribution in [0.3, 0.4) is 0 Å². The first-order valence-corrected chi connectivity index (χ1v) is 13.5. The van der Waals surface area contributed by atoms with Gasteiger partial charge in [0.1, 0.15) is 5.75 Å². The zero-order chi connectivity index (χ0) is 25.2. The minimum absolute atomic E-state index is 0.0823. The molecule has 3 aromatic carbocycles. The van der Waals surface area contributed by atoms with Crippen LogP contribution in [0, 0.1) is 0 Å². The lowest BCUT2D eigenvalue weighted by Gasteiger charge is -2.13. The highest BCUT2D eigenvalue weighted by molar-refractivity contribution is 7.99. The molecule has 4 aromatic rings. The molecule has 1 heterocycles. The summed E-state index contributed by atoms with van der Waals surface area (Å²) in [7, 11) is 1.60. The van der Waals surface area contributed by atoms with E-state index in [1.165, 1.54) is 11.3 Å². The number of hydrogen-bond donors (Lipinski definition) is 1. The van der Waals surface area contributed by atoms with E-state index in [-0.39, 0.29) is 5.91 Å². The smallest absolute Gasteiger partial charge is 0.251 e. The highest BCUT2D eigenvalue weighted by Gasteiger charge is 2.20. The lowest BCUT2D eigenvalue weighted by Crippen LogP contribution is -2.24. The molecule has 36 heavy (non-hydrogen) atoms. The Morgan fingerprint density at radius 3 is 2.36 bits per heavy atom. The van der Waals surface area contributed by atoms with E-state index in [9.17, 15) is 4.79 Å². The number of imidazole rings is 1. The molecule has 1 N–H and O–H groups in total. The zero-order valence-corrected chi connectivity index (χ0v) is 21.8. The van der Waals surface area contributed by atoms with Crippen molar-refractivity contribution in [3.63, 3.8) is 0 Å². The Morgan fingerprint density at radius 1 is 0.944 bits per heavy atom. The normalized spacial score (nSPS) is 10.8. The molecule has 0 aliphatic heterocycles. The van der Waals surface area contributed by atoms with Crippen molar-refractivity contribution >= 4 is 17.7 Å². The number of rotatable bonds is 12. The Bertz CT molecular complexity index is 1260. The fourth-order valence-corrected chi connectivity index (χ4v) is 5.02. The van der Waals surface area contributed by atoms with Gasteiger partial charge in [0.15, 0.2) is 5.16 Å². The SMILES string of the molecule is CCCCn1c(SCCCNC(=O)c2cccc(OC)c2)nc(-c2ccccc2)c1-c1ccccc1. The fraction of sp³-hybridized carbons (Fsp3) is 0.267. The molecular formula is C30H33N3O2S. The first kappa shape index (κ1) is 25.6. The molecule has 0 aliphatic carbocycles. The van der Waals surface area contributed by atoms with Gasteiger partial charge in [-0.15, -0.1) is 0 Å². The Labute approximate surface area is 217 Å². The van der Waals surface area contributed by atoms with E-state index >= 15 is 0 Å². The monoisotopic (exact) mass is 499 g/mol. The number of aromatic nitrogens is 2. The summed E-state index contributed by atoms with van der Waals surface area (Å²) in [6.45, 7) is 3.75. The average Bonchev–Trinajstić information content (AvgIpc) is 3.30. The van der Waals surface area contributed by atoms with Crippen LogP contribution in [0.2, 0.25) is 0 Å². The van der Waals surface area contributed by atoms with Crippen molar-refractivity contribution in [2.45, 2.75) is 37.9 Å². The molecule has 1 aromatic heterocycles. The van der Waals surface area contributed by atoms with Crippen molar-refractivity contribution in [3.05, 3.63) is 90.5 Å². The van der Waals surface area contributed by atoms with Crippen molar-refractivity contribution in [3.8, 4) is 28.3 Å². The molecule has 4 rings (SSSR count). The number of unbranched alkanes of at least 4 members (excludes halogenated alkanes) is 1. The predicted molar refractivity (Wildman–Crippen MR) is 149 cm³/mol. The van der Waals surface area contributed by atoms with E-state index in [0.29, 0.717) is 17.9 Å². The second-order valence-corrected chi connectivity index (χ2v) is 9.58. The molecule has 0 saturated heterocycles. The van der Waals surface area contributed by atoms with E-state index in [4.69, 9.17) is 9.72 Å². The van der Waals surface area contributed by atoms with Crippen LogP contribution >= 0.6 is 11.8 Å². The van der Waals surface area contributed by atoms with Crippen molar-refractivity contribution in [1.82, 2.24) is 14.9 Å². The van der Waals surface area contributed by atoms with E-state index in [0.717, 1.165) is 48.0 Å². The Morgan fingerprint density at radius 2 is 1.67 bits per heavy atom. The van der Waals surface area contributed by atoms with Gasteiger partial charge in [-0.1, -0.05) is 91.8 Å². The Balaban J connectivity index is 1.49. The molecule has 0 atom stereocenters. The van der Waals surface area contributed by atoms with Gasteiger partial charge in [0.05, 0.1) is 18.5 Å². The Hall–Kier alpha value is -3.51. The average molecular weight is 500 g/mol. The van der Waals surface area contributed by atoms with Crippen LogP contribution in [0.15, 0.2) is 90.1 Å². The van der Waals surface area contributed by atoms with Crippen LogP contribution in [0.25, 0.3) is 22.5 Å². The van der Waals surface area contributed by atoms with Gasteiger partial charge < -0.3 is 14.6 Å². The standard InChI is InChI=1S/C30H33N3O2S/c1-3-4-20-33-28(24-15-9-6-10-16-24)27(23-13-7-5-8-14-23)32-30(33)36-21-12-19-31-29(34)25-17-11-18-26(22-25)35-2/h5-11,13-18,22H,3-4,12,19-21H2,1-2H3,(H,31,34). The van der Waals surface area contributed by atoms with Crippen molar-refractivity contribution in [1.29, 1.82) is 0 Å². The van der Waals surface area contributed by atoms with E-state index < -0.39 is 0 Å². The summed E-state index contributed by atoms with van der Waals surface area (Å²) in [5.41, 5.74) is 5.10. The van der Waals surface area contributed by atoms with E-state index in [1.807, 2.05) is 24.3 Å². The topological polar surface area (TPSA) is 56.2 Å². The first-order chi connectivity index (χ1) is 17.7. The molecule has 0 bridgehead atoms. The van der Waals surface area contributed by atoms with Gasteiger partial charge in [-0.2, -0.15) is 0 Å². The second kappa shape index (κ2) is 13.0. The molecule has 1 amide bonds. The van der Waals surface area contributed by atoms with Gasteiger partial charge in [-0.25, -0.2) is 4.98 Å². The molecule has 6 heteroatoms. The summed E-state index contributed by atoms with van der Waals surface area (Å²) >= 11 is 1.76. The Kier molecular flexibility index (Phi) is 9.22. The summed E-state index contributed by atoms with van der Waals surface area (Å²) in [6.07, 6.45) is 3.06. The minimum atomic E-state index is -0.0823. The highest BCUT2D eigenvalue weighted by Crippen LogP contribution is 2.36. The third kappa shape index (κ3) is 6.38. The van der Waals surface area contributed by atoms with Gasteiger partial charge in [-0.3, -0.25) is 4.79 Å². The molecule has 0 unspecified atom stereocenters. The molecule has 0 spiro atoms. The number of methoxy groups -OCH3 is 1. The summed E-state index contributed by atoms with van der Waals surface area (Å²) in [4.78, 5) is 17.6. The van der Waals surface area contributed by atoms with Gasteiger partial charge >= 0.3 is 0 Å². The number of nitrogens with zero attached hydrogens (tertiary/aromatic N) is 2. The van der Waals surface area contributed by atoms with Gasteiger partial charge in [0.2, 0.25) is 0 Å². The minimum Gasteiger partial charge on any atom is -0.497 e. The molecule has 5 nitrogen and oxygen atoms in total. The molecule has 0 saturated carbocycles. The predicted octanol–water partition coefficient (Wildman–Crippen LogP) is 6.94. The third-order valence-corrected chi connectivity index (χ3v) is 6.99. The number of amides is 1. The maximum atomic E-state index is 12.5. The molecule has 0 radical (unpaired) electrons. The molecule has 0 fully saturated rings. The van der Waals surface area contributed by atoms with Crippen molar-refractivity contribution < 1.29 is 9.53 Å². The summed E-state index contributed by atoms with van der Waals surface area (Å²) in [5.74, 6) is 1.46. The molecular weight excluding hydrogens is 466 g/mol. The maximum absolute atomic E-state index is 12.5. The summed E-state index contributed by atoms with van der Waals surface area (Å²) in [5, 5.41) is 4.05. The van der Waals surface area contributed by atoms with Crippen molar-refractivity contribution in [2.75, 3.05) is 19.4 Å². The number of carbonyl (C=O) groups is 1. The summed E-state index contributed by atoms with van der Waals surface area (Å²) < 4.78 is 7.59. The third-order valence-electron chi connectivity index (χ3n) is 5.93. The number of carbonyl (C=O) groups excluding carboxylic acids is 1. The number of thioether (sulfide) groups is 1. The maximum Gasteiger partial charge on any atom is 0.251 e. The van der Waals surface area contributed by atoms with E-state index in [2.05, 4.69) is 65.3 Å². The van der Waals surface area contributed by atoms with Gasteiger partial charge in [-0.05, 0) is 31.0 Å². The quantitative estimate of drug-likeness (QED) is 0.169. The van der Waals surface area contributed by atoms with Crippen LogP contribution in [0.5, 0.6) is 5.75 Å². The number of benzene rings is 3. The lowest BCUT2D eigenvalue weighted by molar-refractivity contribution is 0.0953. The number of hydrogen-bond acceptors (Lipinski definition) is 4. The molecule has 0 aliphatic rings. The second-order valence-electron chi connectivity index (χ2n) is 8.52. The zero-order valence-electron chi connectivity index (χ0n) is 20.9. The molecule has 186 valence electrons. The van der Waals surface area contributed by atoms with Crippen LogP contribution in [-0.4, -0.2) is 34.9 Å². The van der Waals surface area contributed by atoms with Crippen LogP contribution in [0.4, 0.5) is 0 Å². The van der Waals surface area contributed by atoms with Crippen LogP contribution in [0.1, 0.15) is 36.5 Å². The first-order valence-electron chi connectivity index (χ1n) is 12.5. The van der Waals surface area contributed by atoms with Crippen LogP contribution < -0.4 is 10.1 Å². The van der Waals surface area contributed by atoms with Crippen LogP contribution in [-0.2, 0) is 6.54 Å². The number of nitrogens with one attached hydrogen (secondary N) is 1. The highest BCUT2D eigenvalue weighted by atomic mass is 32.2. The summed E-state index contributed by atoms with van der Waals surface area (Å²) in [6, 6.07) is 28.2. The lowest BCUT2D eigenvalue weighted by atomic mass is 10.0. The van der Waals surface area contributed by atoms with Gasteiger partial charge in [0.25, 0.3) is 5.91 Å². The largest absolute Gasteiger partial charge is 0.497 e. The number of ether oxygens (including phenoxy) is 1. The fourth-order valence-electron chi connectivity index (χ4n) is 4.06. The van der Waals surface area contributed by atoms with E-state index in [1.54, 1.807) is 31.0 Å². The van der Waals surface area contributed by atoms with Gasteiger partial charge in [0, 0.05) is 35.5 Å².